The Kier molecular flexibility index (Phi) is 10.8. The fraction of sp³-hybridized carbons (Fsp3) is 1.00. The summed E-state index contributed by atoms with van der Waals surface area (Å²) in [7, 11) is 3.27. The average Bonchev–Trinajstić information content (AvgIpc) is 2.17. The molecule has 1 unspecified atom stereocenters. The standard InChI is InChI=1S/C10H22O4/c1-12-6-4-8-14-7-3-5-10(11)9-13-2/h10-11H,3-9H2,1-2H3. The highest BCUT2D eigenvalue weighted by molar-refractivity contribution is 4.52. The molecule has 0 aliphatic rings. The quantitative estimate of drug-likeness (QED) is 0.538. The van der Waals surface area contributed by atoms with Crippen molar-refractivity contribution in [2.24, 2.45) is 0 Å². The largest absolute Gasteiger partial charge is 0.391 e. The lowest BCUT2D eigenvalue weighted by Crippen LogP contribution is -2.14. The number of rotatable bonds is 10. The maximum absolute atomic E-state index is 9.29. The van der Waals surface area contributed by atoms with Crippen LogP contribution in [0, 0.1) is 0 Å². The molecule has 0 aliphatic carbocycles. The molecule has 14 heavy (non-hydrogen) atoms. The number of aliphatic hydroxyl groups excluding tert-OH is 1. The smallest absolute Gasteiger partial charge is 0.0774 e. The Labute approximate surface area is 86.2 Å². The Bertz CT molecular complexity index is 108. The van der Waals surface area contributed by atoms with Crippen molar-refractivity contribution in [1.29, 1.82) is 0 Å². The van der Waals surface area contributed by atoms with Crippen LogP contribution in [0.1, 0.15) is 19.3 Å². The first-order valence-corrected chi connectivity index (χ1v) is 5.05. The summed E-state index contributed by atoms with van der Waals surface area (Å²) in [5.74, 6) is 0. The van der Waals surface area contributed by atoms with Gasteiger partial charge in [-0.15, -0.1) is 0 Å². The second kappa shape index (κ2) is 10.9. The Morgan fingerprint density at radius 1 is 1.00 bits per heavy atom. The molecule has 4 nitrogen and oxygen atoms in total. The van der Waals surface area contributed by atoms with E-state index in [0.717, 1.165) is 32.5 Å². The summed E-state index contributed by atoms with van der Waals surface area (Å²) < 4.78 is 15.0. The zero-order valence-electron chi connectivity index (χ0n) is 9.20. The molecule has 0 bridgehead atoms. The Hall–Kier alpha value is -0.160. The van der Waals surface area contributed by atoms with Gasteiger partial charge >= 0.3 is 0 Å². The van der Waals surface area contributed by atoms with Crippen LogP contribution in [0.25, 0.3) is 0 Å². The molecule has 0 rings (SSSR count). The van der Waals surface area contributed by atoms with Gasteiger partial charge in [0.2, 0.25) is 0 Å². The summed E-state index contributed by atoms with van der Waals surface area (Å²) in [6.07, 6.45) is 2.18. The van der Waals surface area contributed by atoms with Gasteiger partial charge in [0.15, 0.2) is 0 Å². The molecule has 86 valence electrons. The Morgan fingerprint density at radius 2 is 1.71 bits per heavy atom. The van der Waals surface area contributed by atoms with Crippen molar-refractivity contribution >= 4 is 0 Å². The van der Waals surface area contributed by atoms with E-state index in [9.17, 15) is 5.11 Å². The summed E-state index contributed by atoms with van der Waals surface area (Å²) in [4.78, 5) is 0. The lowest BCUT2D eigenvalue weighted by molar-refractivity contribution is 0.0463. The van der Waals surface area contributed by atoms with Crippen molar-refractivity contribution in [3.8, 4) is 0 Å². The lowest BCUT2D eigenvalue weighted by atomic mass is 10.2. The van der Waals surface area contributed by atoms with Gasteiger partial charge in [-0.3, -0.25) is 0 Å². The maximum atomic E-state index is 9.29. The fourth-order valence-corrected chi connectivity index (χ4v) is 1.10. The second-order valence-electron chi connectivity index (χ2n) is 3.21. The predicted molar refractivity (Wildman–Crippen MR) is 54.4 cm³/mol. The lowest BCUT2D eigenvalue weighted by Gasteiger charge is -2.09. The molecule has 0 aromatic heterocycles. The van der Waals surface area contributed by atoms with Crippen molar-refractivity contribution in [3.63, 3.8) is 0 Å². The van der Waals surface area contributed by atoms with Crippen LogP contribution < -0.4 is 0 Å². The van der Waals surface area contributed by atoms with Crippen LogP contribution in [0.3, 0.4) is 0 Å². The molecule has 0 aromatic carbocycles. The van der Waals surface area contributed by atoms with Crippen molar-refractivity contribution in [2.45, 2.75) is 25.4 Å². The van der Waals surface area contributed by atoms with Crippen molar-refractivity contribution < 1.29 is 19.3 Å². The minimum atomic E-state index is -0.359. The predicted octanol–water partition coefficient (Wildman–Crippen LogP) is 0.827. The molecule has 0 fully saturated rings. The average molecular weight is 206 g/mol. The molecule has 0 aromatic rings. The summed E-state index contributed by atoms with van der Waals surface area (Å²) in [5, 5.41) is 9.29. The molecular weight excluding hydrogens is 184 g/mol. The van der Waals surface area contributed by atoms with E-state index in [-0.39, 0.29) is 6.10 Å². The molecule has 0 spiro atoms. The van der Waals surface area contributed by atoms with E-state index in [0.29, 0.717) is 13.2 Å². The zero-order chi connectivity index (χ0) is 10.6. The van der Waals surface area contributed by atoms with Crippen LogP contribution in [0.15, 0.2) is 0 Å². The topological polar surface area (TPSA) is 47.9 Å². The highest BCUT2D eigenvalue weighted by Gasteiger charge is 2.01. The third-order valence-corrected chi connectivity index (χ3v) is 1.82. The number of hydrogen-bond donors (Lipinski definition) is 1. The minimum Gasteiger partial charge on any atom is -0.391 e. The van der Waals surface area contributed by atoms with Gasteiger partial charge in [-0.2, -0.15) is 0 Å². The molecule has 0 aliphatic heterocycles. The molecule has 0 amide bonds. The van der Waals surface area contributed by atoms with Crippen LogP contribution in [-0.2, 0) is 14.2 Å². The molecular formula is C10H22O4. The Balaban J connectivity index is 2.98. The Morgan fingerprint density at radius 3 is 2.36 bits per heavy atom. The molecule has 0 heterocycles. The van der Waals surface area contributed by atoms with Crippen molar-refractivity contribution in [2.75, 3.05) is 40.6 Å². The van der Waals surface area contributed by atoms with E-state index < -0.39 is 0 Å². The third-order valence-electron chi connectivity index (χ3n) is 1.82. The highest BCUT2D eigenvalue weighted by Crippen LogP contribution is 1.98. The van der Waals surface area contributed by atoms with Crippen LogP contribution in [0.5, 0.6) is 0 Å². The minimum absolute atomic E-state index is 0.359. The summed E-state index contributed by atoms with van der Waals surface area (Å²) in [6, 6.07) is 0. The first-order valence-electron chi connectivity index (χ1n) is 5.05. The van der Waals surface area contributed by atoms with Crippen LogP contribution >= 0.6 is 0 Å². The molecule has 0 radical (unpaired) electrons. The number of hydrogen-bond acceptors (Lipinski definition) is 4. The van der Waals surface area contributed by atoms with E-state index in [1.165, 1.54) is 0 Å². The summed E-state index contributed by atoms with van der Waals surface area (Å²) in [6.45, 7) is 2.58. The number of methoxy groups -OCH3 is 2. The summed E-state index contributed by atoms with van der Waals surface area (Å²) in [5.41, 5.74) is 0. The SMILES string of the molecule is COCCCOCCCC(O)COC. The highest BCUT2D eigenvalue weighted by atomic mass is 16.5. The third kappa shape index (κ3) is 9.92. The first-order chi connectivity index (χ1) is 6.81. The number of ether oxygens (including phenoxy) is 3. The van der Waals surface area contributed by atoms with Crippen molar-refractivity contribution in [1.82, 2.24) is 0 Å². The maximum Gasteiger partial charge on any atom is 0.0774 e. The van der Waals surface area contributed by atoms with E-state index >= 15 is 0 Å². The zero-order valence-corrected chi connectivity index (χ0v) is 9.20. The van der Waals surface area contributed by atoms with E-state index in [1.54, 1.807) is 14.2 Å². The molecule has 1 N–H and O–H groups in total. The number of aliphatic hydroxyl groups is 1. The normalized spacial score (nSPS) is 13.1. The van der Waals surface area contributed by atoms with Gasteiger partial charge in [0.1, 0.15) is 0 Å². The fourth-order valence-electron chi connectivity index (χ4n) is 1.10. The van der Waals surface area contributed by atoms with Gasteiger partial charge in [0.25, 0.3) is 0 Å². The molecule has 0 saturated carbocycles. The first kappa shape index (κ1) is 13.8. The van der Waals surface area contributed by atoms with Gasteiger partial charge < -0.3 is 19.3 Å². The van der Waals surface area contributed by atoms with E-state index in [1.807, 2.05) is 0 Å². The van der Waals surface area contributed by atoms with Crippen LogP contribution in [0.4, 0.5) is 0 Å². The van der Waals surface area contributed by atoms with E-state index in [4.69, 9.17) is 14.2 Å². The van der Waals surface area contributed by atoms with E-state index in [2.05, 4.69) is 0 Å². The van der Waals surface area contributed by atoms with Crippen LogP contribution in [0.2, 0.25) is 0 Å². The molecule has 4 heteroatoms. The van der Waals surface area contributed by atoms with Gasteiger partial charge in [-0.05, 0) is 19.3 Å². The monoisotopic (exact) mass is 206 g/mol. The molecule has 1 atom stereocenters. The van der Waals surface area contributed by atoms with Gasteiger partial charge in [-0.1, -0.05) is 0 Å². The second-order valence-corrected chi connectivity index (χ2v) is 3.21. The van der Waals surface area contributed by atoms with Gasteiger partial charge in [0.05, 0.1) is 12.7 Å². The van der Waals surface area contributed by atoms with Crippen molar-refractivity contribution in [3.05, 3.63) is 0 Å². The summed E-state index contributed by atoms with van der Waals surface area (Å²) >= 11 is 0. The van der Waals surface area contributed by atoms with Gasteiger partial charge in [-0.25, -0.2) is 0 Å². The van der Waals surface area contributed by atoms with Crippen LogP contribution in [-0.4, -0.2) is 51.9 Å². The van der Waals surface area contributed by atoms with Gasteiger partial charge in [0, 0.05) is 34.0 Å². The molecule has 0 saturated heterocycles.